The molecule has 1 aromatic heterocycles. The molecular formula is C25H32N4O3S. The summed E-state index contributed by atoms with van der Waals surface area (Å²) in [5.74, 6) is 0.0858. The number of hydrogen-bond acceptors (Lipinski definition) is 5. The zero-order chi connectivity index (χ0) is 22.8. The molecule has 0 unspecified atom stereocenters. The minimum Gasteiger partial charge on any atom is -0.368 e. The molecule has 33 heavy (non-hydrogen) atoms. The summed E-state index contributed by atoms with van der Waals surface area (Å²) in [7, 11) is -3.51. The van der Waals surface area contributed by atoms with Crippen LogP contribution in [-0.4, -0.2) is 67.8 Å². The van der Waals surface area contributed by atoms with Crippen molar-refractivity contribution < 1.29 is 13.2 Å². The first-order valence-electron chi connectivity index (χ1n) is 12.1. The Morgan fingerprint density at radius 2 is 1.52 bits per heavy atom. The van der Waals surface area contributed by atoms with E-state index in [1.54, 1.807) is 22.8 Å². The number of aryl methyl sites for hydroxylation is 2. The average molecular weight is 469 g/mol. The van der Waals surface area contributed by atoms with Crippen molar-refractivity contribution in [3.63, 3.8) is 0 Å². The maximum Gasteiger partial charge on any atom is 0.243 e. The molecule has 8 heteroatoms. The smallest absolute Gasteiger partial charge is 0.243 e. The summed E-state index contributed by atoms with van der Waals surface area (Å²) in [6.07, 6.45) is 9.07. The van der Waals surface area contributed by atoms with E-state index in [1.807, 2.05) is 29.2 Å². The number of pyridine rings is 1. The van der Waals surface area contributed by atoms with E-state index in [0.717, 1.165) is 38.0 Å². The van der Waals surface area contributed by atoms with Gasteiger partial charge in [0.1, 0.15) is 0 Å². The molecule has 1 amide bonds. The number of piperazine rings is 1. The number of fused-ring (bicyclic) bond motifs is 1. The molecule has 2 aliphatic heterocycles. The van der Waals surface area contributed by atoms with Gasteiger partial charge in [0.25, 0.3) is 0 Å². The molecule has 3 aliphatic rings. The maximum absolute atomic E-state index is 13.2. The first-order chi connectivity index (χ1) is 16.0. The first-order valence-corrected chi connectivity index (χ1v) is 13.5. The fourth-order valence-corrected chi connectivity index (χ4v) is 6.88. The highest BCUT2D eigenvalue weighted by Crippen LogP contribution is 2.29. The summed E-state index contributed by atoms with van der Waals surface area (Å²) in [6, 6.07) is 9.62. The molecule has 0 saturated carbocycles. The van der Waals surface area contributed by atoms with Crippen molar-refractivity contribution in [2.75, 3.05) is 44.2 Å². The third kappa shape index (κ3) is 4.64. The molecule has 3 heterocycles. The second-order valence-electron chi connectivity index (χ2n) is 9.33. The maximum atomic E-state index is 13.2. The lowest BCUT2D eigenvalue weighted by molar-refractivity contribution is -0.137. The van der Waals surface area contributed by atoms with E-state index in [9.17, 15) is 13.2 Å². The number of rotatable bonds is 4. The first kappa shape index (κ1) is 22.3. The molecule has 5 rings (SSSR count). The topological polar surface area (TPSA) is 73.8 Å². The normalized spacial score (nSPS) is 20.5. The minimum absolute atomic E-state index is 0.0903. The number of anilines is 1. The highest BCUT2D eigenvalue weighted by atomic mass is 32.2. The number of hydrogen-bond donors (Lipinski definition) is 0. The van der Waals surface area contributed by atoms with Crippen molar-refractivity contribution in [1.29, 1.82) is 0 Å². The van der Waals surface area contributed by atoms with Crippen LogP contribution in [0, 0.1) is 5.92 Å². The highest BCUT2D eigenvalue weighted by molar-refractivity contribution is 7.89. The summed E-state index contributed by atoms with van der Waals surface area (Å²) in [5.41, 5.74) is 3.60. The van der Waals surface area contributed by atoms with Gasteiger partial charge in [-0.15, -0.1) is 0 Å². The molecule has 2 aromatic rings. The Hall–Kier alpha value is -2.45. The standard InChI is InChI=1S/C25H32N4O3S/c30-25(28-17-15-27(16-18-28)23-7-11-26-12-8-23)21-9-13-29(14-10-21)33(31,32)24-6-5-20-3-1-2-4-22(20)19-24/h5-8,11-12,19,21H,1-4,9-10,13-18H2. The molecule has 176 valence electrons. The second-order valence-corrected chi connectivity index (χ2v) is 11.3. The van der Waals surface area contributed by atoms with Gasteiger partial charge in [0.2, 0.25) is 15.9 Å². The van der Waals surface area contributed by atoms with Crippen LogP contribution < -0.4 is 4.90 Å². The summed E-state index contributed by atoms with van der Waals surface area (Å²) in [5, 5.41) is 0. The monoisotopic (exact) mass is 468 g/mol. The fourth-order valence-electron chi connectivity index (χ4n) is 5.36. The highest BCUT2D eigenvalue weighted by Gasteiger charge is 2.35. The number of aromatic nitrogens is 1. The van der Waals surface area contributed by atoms with E-state index in [0.29, 0.717) is 43.9 Å². The number of piperidine rings is 1. The molecule has 0 N–H and O–H groups in total. The third-order valence-corrected chi connectivity index (χ3v) is 9.27. The van der Waals surface area contributed by atoms with Gasteiger partial charge in [0, 0.05) is 63.3 Å². The van der Waals surface area contributed by atoms with Crippen molar-refractivity contribution in [2.24, 2.45) is 5.92 Å². The Morgan fingerprint density at radius 3 is 2.21 bits per heavy atom. The van der Waals surface area contributed by atoms with Crippen LogP contribution in [0.15, 0.2) is 47.6 Å². The van der Waals surface area contributed by atoms with Crippen LogP contribution in [-0.2, 0) is 27.7 Å². The van der Waals surface area contributed by atoms with Crippen molar-refractivity contribution in [2.45, 2.75) is 43.4 Å². The molecule has 2 saturated heterocycles. The van der Waals surface area contributed by atoms with E-state index in [4.69, 9.17) is 0 Å². The molecular weight excluding hydrogens is 436 g/mol. The lowest BCUT2D eigenvalue weighted by Crippen LogP contribution is -2.52. The Morgan fingerprint density at radius 1 is 0.848 bits per heavy atom. The second kappa shape index (κ2) is 9.43. The van der Waals surface area contributed by atoms with Gasteiger partial charge in [-0.3, -0.25) is 9.78 Å². The van der Waals surface area contributed by atoms with Gasteiger partial charge >= 0.3 is 0 Å². The van der Waals surface area contributed by atoms with Crippen LogP contribution in [0.3, 0.4) is 0 Å². The molecule has 0 radical (unpaired) electrons. The molecule has 1 aliphatic carbocycles. The van der Waals surface area contributed by atoms with Gasteiger partial charge < -0.3 is 9.80 Å². The van der Waals surface area contributed by atoms with Crippen LogP contribution in [0.2, 0.25) is 0 Å². The van der Waals surface area contributed by atoms with Crippen LogP contribution >= 0.6 is 0 Å². The third-order valence-electron chi connectivity index (χ3n) is 7.38. The Kier molecular flexibility index (Phi) is 6.38. The minimum atomic E-state index is -3.51. The van der Waals surface area contributed by atoms with Gasteiger partial charge in [0.05, 0.1) is 4.90 Å². The van der Waals surface area contributed by atoms with Crippen molar-refractivity contribution in [1.82, 2.24) is 14.2 Å². The van der Waals surface area contributed by atoms with Crippen molar-refractivity contribution in [3.8, 4) is 0 Å². The Bertz CT molecular complexity index is 1090. The fraction of sp³-hybridized carbons (Fsp3) is 0.520. The van der Waals surface area contributed by atoms with Crippen LogP contribution in [0.5, 0.6) is 0 Å². The van der Waals surface area contributed by atoms with Gasteiger partial charge in [-0.25, -0.2) is 8.42 Å². The predicted octanol–water partition coefficient (Wildman–Crippen LogP) is 2.71. The predicted molar refractivity (Wildman–Crippen MR) is 128 cm³/mol. The number of sulfonamides is 1. The summed E-state index contributed by atoms with van der Waals surface area (Å²) in [6.45, 7) is 3.84. The van der Waals surface area contributed by atoms with Gasteiger partial charge in [-0.2, -0.15) is 4.31 Å². The Balaban J connectivity index is 1.17. The zero-order valence-electron chi connectivity index (χ0n) is 19.0. The SMILES string of the molecule is O=C(C1CCN(S(=O)(=O)c2ccc3c(c2)CCCC3)CC1)N1CCN(c2ccncc2)CC1. The molecule has 2 fully saturated rings. The van der Waals surface area contributed by atoms with Crippen LogP contribution in [0.1, 0.15) is 36.8 Å². The Labute approximate surface area is 196 Å². The number of carbonyl (C=O) groups is 1. The lowest BCUT2D eigenvalue weighted by atomic mass is 9.92. The number of benzene rings is 1. The zero-order valence-corrected chi connectivity index (χ0v) is 19.8. The molecule has 0 atom stereocenters. The number of carbonyl (C=O) groups excluding carboxylic acids is 1. The van der Waals surface area contributed by atoms with Gasteiger partial charge in [0.15, 0.2) is 0 Å². The van der Waals surface area contributed by atoms with Crippen molar-refractivity contribution >= 4 is 21.6 Å². The summed E-state index contributed by atoms with van der Waals surface area (Å²) >= 11 is 0. The van der Waals surface area contributed by atoms with E-state index < -0.39 is 10.0 Å². The van der Waals surface area contributed by atoms with E-state index in [1.165, 1.54) is 17.5 Å². The van der Waals surface area contributed by atoms with E-state index in [-0.39, 0.29) is 11.8 Å². The molecule has 1 aromatic carbocycles. The molecule has 0 spiro atoms. The van der Waals surface area contributed by atoms with Crippen LogP contribution in [0.4, 0.5) is 5.69 Å². The number of amides is 1. The lowest BCUT2D eigenvalue weighted by Gasteiger charge is -2.39. The summed E-state index contributed by atoms with van der Waals surface area (Å²) < 4.78 is 28.1. The number of nitrogens with zero attached hydrogens (tertiary/aromatic N) is 4. The van der Waals surface area contributed by atoms with Crippen molar-refractivity contribution in [3.05, 3.63) is 53.9 Å². The molecule has 7 nitrogen and oxygen atoms in total. The largest absolute Gasteiger partial charge is 0.368 e. The van der Waals surface area contributed by atoms with E-state index in [2.05, 4.69) is 9.88 Å². The summed E-state index contributed by atoms with van der Waals surface area (Å²) in [4.78, 5) is 21.8. The molecule has 0 bridgehead atoms. The van der Waals surface area contributed by atoms with Gasteiger partial charge in [-0.05, 0) is 73.9 Å². The van der Waals surface area contributed by atoms with E-state index >= 15 is 0 Å². The van der Waals surface area contributed by atoms with Gasteiger partial charge in [-0.1, -0.05) is 6.07 Å². The van der Waals surface area contributed by atoms with Crippen LogP contribution in [0.25, 0.3) is 0 Å². The quantitative estimate of drug-likeness (QED) is 0.690. The average Bonchev–Trinajstić information content (AvgIpc) is 2.88.